The van der Waals surface area contributed by atoms with Crippen LogP contribution < -0.4 is 5.56 Å². The Labute approximate surface area is 100 Å². The molecule has 2 aromatic rings. The fourth-order valence-corrected chi connectivity index (χ4v) is 2.09. The van der Waals surface area contributed by atoms with Gasteiger partial charge in [-0.05, 0) is 22.4 Å². The molecular formula is C14H17NO2. The van der Waals surface area contributed by atoms with Crippen LogP contribution in [0.5, 0.6) is 5.75 Å². The summed E-state index contributed by atoms with van der Waals surface area (Å²) in [4.78, 5) is 12.0. The van der Waals surface area contributed by atoms with Crippen LogP contribution in [-0.4, -0.2) is 9.67 Å². The number of pyridine rings is 1. The van der Waals surface area contributed by atoms with Crippen molar-refractivity contribution in [2.24, 2.45) is 7.05 Å². The van der Waals surface area contributed by atoms with E-state index in [1.165, 1.54) is 4.57 Å². The smallest absolute Gasteiger partial charge is 0.261 e. The molecule has 1 N–H and O–H groups in total. The summed E-state index contributed by atoms with van der Waals surface area (Å²) in [5, 5.41) is 11.1. The second kappa shape index (κ2) is 3.62. The van der Waals surface area contributed by atoms with Crippen LogP contribution >= 0.6 is 0 Å². The van der Waals surface area contributed by atoms with Crippen molar-refractivity contribution in [1.82, 2.24) is 4.57 Å². The lowest BCUT2D eigenvalue weighted by Crippen LogP contribution is -2.22. The van der Waals surface area contributed by atoms with Gasteiger partial charge in [0.25, 0.3) is 5.56 Å². The Bertz CT molecular complexity index is 633. The Morgan fingerprint density at radius 1 is 1.24 bits per heavy atom. The first kappa shape index (κ1) is 11.7. The molecule has 3 nitrogen and oxygen atoms in total. The molecule has 0 aliphatic heterocycles. The van der Waals surface area contributed by atoms with Gasteiger partial charge in [0, 0.05) is 13.2 Å². The number of phenolic OH excluding ortho intramolecular Hbond substituents is 1. The molecule has 0 aliphatic carbocycles. The third-order valence-electron chi connectivity index (χ3n) is 3.00. The van der Waals surface area contributed by atoms with Gasteiger partial charge in [-0.2, -0.15) is 0 Å². The highest BCUT2D eigenvalue weighted by molar-refractivity contribution is 5.90. The lowest BCUT2D eigenvalue weighted by Gasteiger charge is -2.22. The van der Waals surface area contributed by atoms with Gasteiger partial charge in [-0.25, -0.2) is 0 Å². The quantitative estimate of drug-likeness (QED) is 0.757. The number of aromatic hydroxyl groups is 1. The number of hydrogen-bond acceptors (Lipinski definition) is 2. The van der Waals surface area contributed by atoms with Crippen LogP contribution in [0.1, 0.15) is 26.3 Å². The number of nitrogens with zero attached hydrogens (tertiary/aromatic N) is 1. The molecule has 1 aromatic carbocycles. The standard InChI is InChI=1S/C14H17NO2/c1-14(2,3)10-8-15(4)13(17)12-9(10)6-5-7-11(12)16/h5-8,16H,1-4H3. The van der Waals surface area contributed by atoms with E-state index in [0.717, 1.165) is 10.9 Å². The number of phenols is 1. The maximum atomic E-state index is 12.0. The molecule has 0 atom stereocenters. The zero-order valence-electron chi connectivity index (χ0n) is 10.6. The molecule has 0 unspecified atom stereocenters. The topological polar surface area (TPSA) is 42.2 Å². The van der Waals surface area contributed by atoms with Crippen molar-refractivity contribution in [1.29, 1.82) is 0 Å². The number of rotatable bonds is 0. The van der Waals surface area contributed by atoms with Crippen LogP contribution in [0.4, 0.5) is 0 Å². The number of benzene rings is 1. The van der Waals surface area contributed by atoms with Gasteiger partial charge >= 0.3 is 0 Å². The molecule has 17 heavy (non-hydrogen) atoms. The molecule has 1 aromatic heterocycles. The molecule has 1 heterocycles. The number of hydrogen-bond donors (Lipinski definition) is 1. The van der Waals surface area contributed by atoms with Gasteiger partial charge in [-0.15, -0.1) is 0 Å². The van der Waals surface area contributed by atoms with E-state index in [9.17, 15) is 9.90 Å². The summed E-state index contributed by atoms with van der Waals surface area (Å²) >= 11 is 0. The SMILES string of the molecule is Cn1cc(C(C)(C)C)c2cccc(O)c2c1=O. The minimum Gasteiger partial charge on any atom is -0.507 e. The van der Waals surface area contributed by atoms with Crippen molar-refractivity contribution in [3.05, 3.63) is 40.3 Å². The zero-order valence-corrected chi connectivity index (χ0v) is 10.6. The summed E-state index contributed by atoms with van der Waals surface area (Å²) in [6.45, 7) is 6.28. The van der Waals surface area contributed by atoms with E-state index in [0.29, 0.717) is 5.39 Å². The van der Waals surface area contributed by atoms with E-state index in [1.807, 2.05) is 12.3 Å². The van der Waals surface area contributed by atoms with Crippen LogP contribution in [0.3, 0.4) is 0 Å². The van der Waals surface area contributed by atoms with E-state index < -0.39 is 0 Å². The largest absolute Gasteiger partial charge is 0.507 e. The van der Waals surface area contributed by atoms with Crippen molar-refractivity contribution in [3.8, 4) is 5.75 Å². The molecule has 0 saturated heterocycles. The Morgan fingerprint density at radius 2 is 1.88 bits per heavy atom. The summed E-state index contributed by atoms with van der Waals surface area (Å²) in [5.74, 6) is 0.0502. The first-order valence-electron chi connectivity index (χ1n) is 5.64. The Kier molecular flexibility index (Phi) is 2.49. The molecule has 0 saturated carbocycles. The molecular weight excluding hydrogens is 214 g/mol. The molecule has 2 rings (SSSR count). The minimum absolute atomic E-state index is 0.0502. The average molecular weight is 231 g/mol. The Balaban J connectivity index is 3.03. The first-order valence-corrected chi connectivity index (χ1v) is 5.64. The number of aromatic nitrogens is 1. The predicted octanol–water partition coefficient (Wildman–Crippen LogP) is 2.54. The summed E-state index contributed by atoms with van der Waals surface area (Å²) < 4.78 is 1.53. The van der Waals surface area contributed by atoms with Crippen LogP contribution in [0.25, 0.3) is 10.8 Å². The normalized spacial score (nSPS) is 12.0. The first-order chi connectivity index (χ1) is 7.82. The highest BCUT2D eigenvalue weighted by Gasteiger charge is 2.20. The van der Waals surface area contributed by atoms with Gasteiger partial charge in [-0.1, -0.05) is 32.9 Å². The summed E-state index contributed by atoms with van der Waals surface area (Å²) in [6, 6.07) is 5.21. The van der Waals surface area contributed by atoms with Gasteiger partial charge in [0.15, 0.2) is 0 Å². The van der Waals surface area contributed by atoms with Gasteiger partial charge < -0.3 is 9.67 Å². The van der Waals surface area contributed by atoms with Gasteiger partial charge in [-0.3, -0.25) is 4.79 Å². The molecule has 0 fully saturated rings. The third kappa shape index (κ3) is 1.82. The second-order valence-corrected chi connectivity index (χ2v) is 5.41. The van der Waals surface area contributed by atoms with Gasteiger partial charge in [0.1, 0.15) is 5.75 Å². The predicted molar refractivity (Wildman–Crippen MR) is 69.6 cm³/mol. The fourth-order valence-electron chi connectivity index (χ4n) is 2.09. The third-order valence-corrected chi connectivity index (χ3v) is 3.00. The van der Waals surface area contributed by atoms with Crippen molar-refractivity contribution < 1.29 is 5.11 Å². The summed E-state index contributed by atoms with van der Waals surface area (Å²) in [7, 11) is 1.71. The average Bonchev–Trinajstić information content (AvgIpc) is 2.21. The number of fused-ring (bicyclic) bond motifs is 1. The molecule has 0 radical (unpaired) electrons. The van der Waals surface area contributed by atoms with E-state index in [-0.39, 0.29) is 16.7 Å². The van der Waals surface area contributed by atoms with E-state index >= 15 is 0 Å². The van der Waals surface area contributed by atoms with E-state index in [1.54, 1.807) is 19.2 Å². The minimum atomic E-state index is -0.161. The van der Waals surface area contributed by atoms with Crippen LogP contribution in [0.2, 0.25) is 0 Å². The van der Waals surface area contributed by atoms with Crippen molar-refractivity contribution >= 4 is 10.8 Å². The lowest BCUT2D eigenvalue weighted by molar-refractivity contribution is 0.480. The van der Waals surface area contributed by atoms with Gasteiger partial charge in [0.2, 0.25) is 0 Å². The number of aryl methyl sites for hydroxylation is 1. The van der Waals surface area contributed by atoms with Crippen molar-refractivity contribution in [2.45, 2.75) is 26.2 Å². The Morgan fingerprint density at radius 3 is 2.47 bits per heavy atom. The molecule has 0 amide bonds. The van der Waals surface area contributed by atoms with Crippen molar-refractivity contribution in [3.63, 3.8) is 0 Å². The highest BCUT2D eigenvalue weighted by Crippen LogP contribution is 2.31. The van der Waals surface area contributed by atoms with Crippen LogP contribution in [0.15, 0.2) is 29.2 Å². The summed E-state index contributed by atoms with van der Waals surface area (Å²) in [6.07, 6.45) is 1.85. The maximum absolute atomic E-state index is 12.0. The molecule has 3 heteroatoms. The molecule has 0 aliphatic rings. The van der Waals surface area contributed by atoms with E-state index in [2.05, 4.69) is 20.8 Å². The Hall–Kier alpha value is -1.77. The lowest BCUT2D eigenvalue weighted by atomic mass is 9.85. The molecule has 0 bridgehead atoms. The zero-order chi connectivity index (χ0) is 12.8. The maximum Gasteiger partial charge on any atom is 0.261 e. The van der Waals surface area contributed by atoms with Gasteiger partial charge in [0.05, 0.1) is 5.39 Å². The van der Waals surface area contributed by atoms with Crippen LogP contribution in [0, 0.1) is 0 Å². The van der Waals surface area contributed by atoms with Crippen LogP contribution in [-0.2, 0) is 12.5 Å². The highest BCUT2D eigenvalue weighted by atomic mass is 16.3. The second-order valence-electron chi connectivity index (χ2n) is 5.41. The fraction of sp³-hybridized carbons (Fsp3) is 0.357. The summed E-state index contributed by atoms with van der Waals surface area (Å²) in [5.41, 5.74) is 0.828. The monoisotopic (exact) mass is 231 g/mol. The molecule has 90 valence electrons. The van der Waals surface area contributed by atoms with Crippen molar-refractivity contribution in [2.75, 3.05) is 0 Å². The van der Waals surface area contributed by atoms with E-state index in [4.69, 9.17) is 0 Å². The molecule has 0 spiro atoms.